The molecule has 2 aromatic rings. The van der Waals surface area contributed by atoms with Gasteiger partial charge in [0.15, 0.2) is 5.82 Å². The number of hydrogen-bond acceptors (Lipinski definition) is 4. The third-order valence-electron chi connectivity index (χ3n) is 2.03. The molecular formula is C10H14N4S. The number of nitrogens with one attached hydrogen (secondary N) is 1. The summed E-state index contributed by atoms with van der Waals surface area (Å²) in [6.07, 6.45) is 0. The minimum Gasteiger partial charge on any atom is -0.352 e. The van der Waals surface area contributed by atoms with Crippen LogP contribution < -0.4 is 5.32 Å². The summed E-state index contributed by atoms with van der Waals surface area (Å²) >= 11 is 1.67. The minimum absolute atomic E-state index is 0.365. The predicted molar refractivity (Wildman–Crippen MR) is 63.1 cm³/mol. The summed E-state index contributed by atoms with van der Waals surface area (Å²) in [5, 5.41) is 13.6. The highest BCUT2D eigenvalue weighted by Gasteiger charge is 2.11. The molecule has 4 nitrogen and oxygen atoms in total. The van der Waals surface area contributed by atoms with Gasteiger partial charge < -0.3 is 5.32 Å². The molecule has 5 heteroatoms. The highest BCUT2D eigenvalue weighted by molar-refractivity contribution is 7.13. The molecule has 0 radical (unpaired) electrons. The molecule has 0 aliphatic rings. The molecule has 0 aliphatic carbocycles. The average Bonchev–Trinajstić information content (AvgIpc) is 2.76. The molecule has 1 N–H and O–H groups in total. The summed E-state index contributed by atoms with van der Waals surface area (Å²) < 4.78 is 1.98. The lowest BCUT2D eigenvalue weighted by molar-refractivity contribution is 0.835. The smallest absolute Gasteiger partial charge is 0.224 e. The topological polar surface area (TPSA) is 42.7 Å². The predicted octanol–water partition coefficient (Wildman–Crippen LogP) is 2.36. The zero-order valence-electron chi connectivity index (χ0n) is 9.06. The van der Waals surface area contributed by atoms with Crippen LogP contribution in [-0.4, -0.2) is 20.8 Å². The largest absolute Gasteiger partial charge is 0.352 e. The van der Waals surface area contributed by atoms with Gasteiger partial charge in [0, 0.05) is 13.1 Å². The Morgan fingerprint density at radius 2 is 2.20 bits per heavy atom. The molecular weight excluding hydrogens is 208 g/mol. The number of hydrogen-bond donors (Lipinski definition) is 1. The fourth-order valence-corrected chi connectivity index (χ4v) is 2.08. The van der Waals surface area contributed by atoms with Crippen LogP contribution >= 0.6 is 11.3 Å². The molecule has 0 atom stereocenters. The molecule has 0 aromatic carbocycles. The Balaban J connectivity index is 2.32. The standard InChI is InChI=1S/C10H14N4S/c1-7(2)11-10-13-12-9(14(10)3)8-5-4-6-15-8/h4-7H,1-3H3,(H,11,13). The second kappa shape index (κ2) is 4.02. The van der Waals surface area contributed by atoms with Gasteiger partial charge in [-0.05, 0) is 25.3 Å². The van der Waals surface area contributed by atoms with Crippen molar-refractivity contribution in [3.05, 3.63) is 17.5 Å². The van der Waals surface area contributed by atoms with Gasteiger partial charge in [-0.2, -0.15) is 0 Å². The molecule has 15 heavy (non-hydrogen) atoms. The Kier molecular flexibility index (Phi) is 2.73. The van der Waals surface area contributed by atoms with Gasteiger partial charge in [-0.15, -0.1) is 21.5 Å². The molecule has 0 saturated heterocycles. The second-order valence-electron chi connectivity index (χ2n) is 3.68. The third-order valence-corrected chi connectivity index (χ3v) is 2.90. The molecule has 0 spiro atoms. The van der Waals surface area contributed by atoms with Crippen LogP contribution in [-0.2, 0) is 7.05 Å². The van der Waals surface area contributed by atoms with Crippen LogP contribution in [0.3, 0.4) is 0 Å². The number of anilines is 1. The molecule has 80 valence electrons. The first kappa shape index (κ1) is 10.2. The number of nitrogens with zero attached hydrogens (tertiary/aromatic N) is 3. The summed E-state index contributed by atoms with van der Waals surface area (Å²) in [7, 11) is 1.97. The summed E-state index contributed by atoms with van der Waals surface area (Å²) in [6, 6.07) is 4.43. The van der Waals surface area contributed by atoms with E-state index in [-0.39, 0.29) is 0 Å². The maximum absolute atomic E-state index is 4.17. The maximum atomic E-state index is 4.17. The first-order valence-electron chi connectivity index (χ1n) is 4.88. The van der Waals surface area contributed by atoms with Crippen LogP contribution in [0.15, 0.2) is 17.5 Å². The van der Waals surface area contributed by atoms with E-state index < -0.39 is 0 Å². The van der Waals surface area contributed by atoms with Crippen molar-refractivity contribution >= 4 is 17.3 Å². The van der Waals surface area contributed by atoms with Crippen LogP contribution in [0.1, 0.15) is 13.8 Å². The van der Waals surface area contributed by atoms with Gasteiger partial charge in [0.2, 0.25) is 5.95 Å². The molecule has 2 aromatic heterocycles. The van der Waals surface area contributed by atoms with Crippen LogP contribution in [0, 0.1) is 0 Å². The fraction of sp³-hybridized carbons (Fsp3) is 0.400. The van der Waals surface area contributed by atoms with E-state index in [2.05, 4.69) is 29.4 Å². The van der Waals surface area contributed by atoms with Crippen LogP contribution in [0.25, 0.3) is 10.7 Å². The molecule has 0 fully saturated rings. The molecule has 0 bridgehead atoms. The monoisotopic (exact) mass is 222 g/mol. The van der Waals surface area contributed by atoms with E-state index in [1.807, 2.05) is 29.1 Å². The van der Waals surface area contributed by atoms with Gasteiger partial charge in [0.1, 0.15) is 0 Å². The zero-order chi connectivity index (χ0) is 10.8. The van der Waals surface area contributed by atoms with Gasteiger partial charge >= 0.3 is 0 Å². The van der Waals surface area contributed by atoms with Gasteiger partial charge in [-0.3, -0.25) is 4.57 Å². The Hall–Kier alpha value is -1.36. The van der Waals surface area contributed by atoms with Crippen molar-refractivity contribution in [2.45, 2.75) is 19.9 Å². The summed E-state index contributed by atoms with van der Waals surface area (Å²) in [5.41, 5.74) is 0. The Bertz CT molecular complexity index is 430. The van der Waals surface area contributed by atoms with Crippen molar-refractivity contribution in [1.82, 2.24) is 14.8 Å². The summed E-state index contributed by atoms with van der Waals surface area (Å²) in [4.78, 5) is 1.14. The molecule has 2 heterocycles. The lowest BCUT2D eigenvalue weighted by Gasteiger charge is -2.08. The van der Waals surface area contributed by atoms with Crippen molar-refractivity contribution in [3.8, 4) is 10.7 Å². The third kappa shape index (κ3) is 2.02. The first-order valence-corrected chi connectivity index (χ1v) is 5.76. The molecule has 2 rings (SSSR count). The van der Waals surface area contributed by atoms with Crippen molar-refractivity contribution in [2.24, 2.45) is 7.05 Å². The van der Waals surface area contributed by atoms with Crippen molar-refractivity contribution in [3.63, 3.8) is 0 Å². The normalized spacial score (nSPS) is 10.9. The van der Waals surface area contributed by atoms with Gasteiger partial charge in [-0.1, -0.05) is 6.07 Å². The SMILES string of the molecule is CC(C)Nc1nnc(-c2cccs2)n1C. The fourth-order valence-electron chi connectivity index (χ4n) is 1.33. The van der Waals surface area contributed by atoms with Crippen LogP contribution in [0.5, 0.6) is 0 Å². The first-order chi connectivity index (χ1) is 7.18. The Morgan fingerprint density at radius 1 is 1.40 bits per heavy atom. The molecule has 0 saturated carbocycles. The van der Waals surface area contributed by atoms with E-state index >= 15 is 0 Å². The van der Waals surface area contributed by atoms with E-state index in [4.69, 9.17) is 0 Å². The summed E-state index contributed by atoms with van der Waals surface area (Å²) in [5.74, 6) is 1.72. The van der Waals surface area contributed by atoms with E-state index in [0.29, 0.717) is 6.04 Å². The number of thiophene rings is 1. The van der Waals surface area contributed by atoms with Gasteiger partial charge in [0.25, 0.3) is 0 Å². The minimum atomic E-state index is 0.365. The lowest BCUT2D eigenvalue weighted by atomic mass is 10.4. The number of aromatic nitrogens is 3. The van der Waals surface area contributed by atoms with Crippen LogP contribution in [0.4, 0.5) is 5.95 Å². The van der Waals surface area contributed by atoms with E-state index in [1.165, 1.54) is 0 Å². The quantitative estimate of drug-likeness (QED) is 0.867. The summed E-state index contributed by atoms with van der Waals surface area (Å²) in [6.45, 7) is 4.17. The van der Waals surface area contributed by atoms with E-state index in [1.54, 1.807) is 11.3 Å². The van der Waals surface area contributed by atoms with Crippen molar-refractivity contribution in [2.75, 3.05) is 5.32 Å². The van der Waals surface area contributed by atoms with Crippen molar-refractivity contribution < 1.29 is 0 Å². The average molecular weight is 222 g/mol. The van der Waals surface area contributed by atoms with E-state index in [0.717, 1.165) is 16.6 Å². The molecule has 0 unspecified atom stereocenters. The van der Waals surface area contributed by atoms with Gasteiger partial charge in [-0.25, -0.2) is 0 Å². The zero-order valence-corrected chi connectivity index (χ0v) is 9.88. The Labute approximate surface area is 93.0 Å². The molecule has 0 aliphatic heterocycles. The second-order valence-corrected chi connectivity index (χ2v) is 4.63. The number of rotatable bonds is 3. The maximum Gasteiger partial charge on any atom is 0.224 e. The lowest BCUT2D eigenvalue weighted by Crippen LogP contribution is -2.13. The van der Waals surface area contributed by atoms with Crippen molar-refractivity contribution in [1.29, 1.82) is 0 Å². The Morgan fingerprint density at radius 3 is 2.80 bits per heavy atom. The molecule has 0 amide bonds. The van der Waals surface area contributed by atoms with E-state index in [9.17, 15) is 0 Å². The van der Waals surface area contributed by atoms with Gasteiger partial charge in [0.05, 0.1) is 4.88 Å². The highest BCUT2D eigenvalue weighted by atomic mass is 32.1. The van der Waals surface area contributed by atoms with Crippen LogP contribution in [0.2, 0.25) is 0 Å². The highest BCUT2D eigenvalue weighted by Crippen LogP contribution is 2.23.